The van der Waals surface area contributed by atoms with E-state index >= 15 is 0 Å². The molecule has 4 aromatic rings. The lowest BCUT2D eigenvalue weighted by atomic mass is 9.94. The molecule has 3 heterocycles. The molecular weight excluding hydrogens is 597 g/mol. The number of methoxy groups -OCH3 is 1. The Labute approximate surface area is 284 Å². The Morgan fingerprint density at radius 3 is 2.32 bits per heavy atom. The number of aromatic nitrogens is 3. The van der Waals surface area contributed by atoms with E-state index in [1.807, 2.05) is 0 Å². The van der Waals surface area contributed by atoms with Gasteiger partial charge in [0.05, 0.1) is 11.0 Å². The summed E-state index contributed by atoms with van der Waals surface area (Å²) in [7, 11) is 0.00574. The highest BCUT2D eigenvalue weighted by molar-refractivity contribution is 6.82. The van der Waals surface area contributed by atoms with Crippen molar-refractivity contribution in [2.75, 3.05) is 26.8 Å². The number of nitrogens with zero attached hydrogens (tertiary/aromatic N) is 4. The van der Waals surface area contributed by atoms with Crippen molar-refractivity contribution in [2.24, 2.45) is 5.92 Å². The summed E-state index contributed by atoms with van der Waals surface area (Å²) in [6.07, 6.45) is 9.26. The molecule has 0 spiro atoms. The molecule has 2 aromatic carbocycles. The van der Waals surface area contributed by atoms with E-state index < -0.39 is 8.24 Å². The molecule has 254 valence electrons. The second kappa shape index (κ2) is 15.4. The number of carbonyl (C=O) groups is 1. The number of fused-ring (bicyclic) bond motifs is 1. The van der Waals surface area contributed by atoms with E-state index in [0.29, 0.717) is 23.0 Å². The lowest BCUT2D eigenvalue weighted by molar-refractivity contribution is -0.133. The predicted molar refractivity (Wildman–Crippen MR) is 199 cm³/mol. The van der Waals surface area contributed by atoms with E-state index in [2.05, 4.69) is 129 Å². The summed E-state index contributed by atoms with van der Waals surface area (Å²) in [6.45, 7) is 19.9. The van der Waals surface area contributed by atoms with Crippen LogP contribution in [-0.4, -0.2) is 59.6 Å². The molecule has 0 unspecified atom stereocenters. The number of imidazole rings is 1. The number of carbonyl (C=O) groups excluding carboxylic acids is 1. The standard InChI is InChI=1S/C40H58N4O2Si/c1-29(2)47(30(3)4,31(5)6)43-23-20-35(28-43)34-18-16-33(17-19-34)25-32(7)26-39(45)42-21-11-13-36(27-42)40-41-37-14-9-10-15-38(37)44(40)22-12-24-46-8/h9-10,14-20,23,28-32,36H,11-13,21-22,24-27H2,1-8H3/t32-,36-/m1/s1. The molecule has 47 heavy (non-hydrogen) atoms. The van der Waals surface area contributed by atoms with Crippen LogP contribution in [0.1, 0.15) is 91.5 Å². The molecule has 0 aliphatic carbocycles. The fraction of sp³-hybridized carbons (Fsp3) is 0.550. The minimum atomic E-state index is -1.75. The molecular formula is C40H58N4O2Si. The van der Waals surface area contributed by atoms with Crippen LogP contribution in [0.2, 0.25) is 16.6 Å². The summed E-state index contributed by atoms with van der Waals surface area (Å²) < 4.78 is 10.3. The van der Waals surface area contributed by atoms with Gasteiger partial charge in [0.1, 0.15) is 5.82 Å². The van der Waals surface area contributed by atoms with Crippen molar-refractivity contribution in [1.82, 2.24) is 18.7 Å². The minimum absolute atomic E-state index is 0.259. The highest BCUT2D eigenvalue weighted by Gasteiger charge is 2.45. The van der Waals surface area contributed by atoms with Gasteiger partial charge in [0.2, 0.25) is 5.91 Å². The van der Waals surface area contributed by atoms with Crippen LogP contribution in [-0.2, 0) is 22.5 Å². The number of hydrogen-bond donors (Lipinski definition) is 0. The Morgan fingerprint density at radius 2 is 1.64 bits per heavy atom. The Kier molecular flexibility index (Phi) is 11.5. The molecule has 7 heteroatoms. The second-order valence-electron chi connectivity index (χ2n) is 15.0. The smallest absolute Gasteiger partial charge is 0.222 e. The molecule has 1 fully saturated rings. The number of benzene rings is 2. The molecule has 1 aliphatic heterocycles. The van der Waals surface area contributed by atoms with Crippen LogP contribution in [0.3, 0.4) is 0 Å². The molecule has 1 amide bonds. The highest BCUT2D eigenvalue weighted by atomic mass is 28.3. The average Bonchev–Trinajstić information content (AvgIpc) is 3.67. The van der Waals surface area contributed by atoms with Gasteiger partial charge in [-0.05, 0) is 89.3 Å². The second-order valence-corrected chi connectivity index (χ2v) is 20.8. The van der Waals surface area contributed by atoms with E-state index in [1.165, 1.54) is 22.2 Å². The van der Waals surface area contributed by atoms with Crippen molar-refractivity contribution < 1.29 is 9.53 Å². The van der Waals surface area contributed by atoms with Gasteiger partial charge in [-0.3, -0.25) is 4.79 Å². The van der Waals surface area contributed by atoms with Crippen molar-refractivity contribution in [1.29, 1.82) is 0 Å². The molecule has 5 rings (SSSR count). The number of piperidine rings is 1. The van der Waals surface area contributed by atoms with Crippen LogP contribution < -0.4 is 0 Å². The zero-order chi connectivity index (χ0) is 33.7. The third-order valence-corrected chi connectivity index (χ3v) is 17.6. The third kappa shape index (κ3) is 7.46. The van der Waals surface area contributed by atoms with E-state index in [4.69, 9.17) is 9.72 Å². The SMILES string of the molecule is COCCCn1c([C@@H]2CCCN(C(=O)C[C@H](C)Cc3ccc(-c4ccn([Si](C(C)C)(C(C)C)C(C)C)c4)cc3)C2)nc2ccccc21. The number of rotatable bonds is 14. The van der Waals surface area contributed by atoms with Gasteiger partial charge in [-0.1, -0.05) is 84.9 Å². The summed E-state index contributed by atoms with van der Waals surface area (Å²) in [5.74, 6) is 1.93. The zero-order valence-corrected chi connectivity index (χ0v) is 31.2. The monoisotopic (exact) mass is 654 g/mol. The number of ether oxygens (including phenoxy) is 1. The molecule has 0 N–H and O–H groups in total. The number of aryl methyl sites for hydroxylation is 1. The van der Waals surface area contributed by atoms with Gasteiger partial charge in [-0.2, -0.15) is 0 Å². The van der Waals surface area contributed by atoms with Crippen LogP contribution >= 0.6 is 0 Å². The molecule has 2 atom stereocenters. The van der Waals surface area contributed by atoms with E-state index in [-0.39, 0.29) is 17.7 Å². The van der Waals surface area contributed by atoms with Crippen LogP contribution in [0.25, 0.3) is 22.2 Å². The minimum Gasteiger partial charge on any atom is -0.385 e. The fourth-order valence-electron chi connectivity index (χ4n) is 8.86. The largest absolute Gasteiger partial charge is 0.385 e. The number of para-hydroxylation sites is 2. The van der Waals surface area contributed by atoms with Gasteiger partial charge < -0.3 is 18.4 Å². The molecule has 6 nitrogen and oxygen atoms in total. The first-order valence-corrected chi connectivity index (χ1v) is 20.2. The molecule has 1 aliphatic rings. The molecule has 0 bridgehead atoms. The predicted octanol–water partition coefficient (Wildman–Crippen LogP) is 9.54. The van der Waals surface area contributed by atoms with Crippen molar-refractivity contribution >= 4 is 25.2 Å². The van der Waals surface area contributed by atoms with Crippen LogP contribution in [0.4, 0.5) is 0 Å². The Bertz CT molecular complexity index is 1580. The maximum absolute atomic E-state index is 13.6. The number of hydrogen-bond acceptors (Lipinski definition) is 3. The first kappa shape index (κ1) is 35.2. The fourth-order valence-corrected chi connectivity index (χ4v) is 15.3. The van der Waals surface area contributed by atoms with Crippen molar-refractivity contribution in [2.45, 2.75) is 110 Å². The summed E-state index contributed by atoms with van der Waals surface area (Å²) in [5, 5.41) is 0. The van der Waals surface area contributed by atoms with Crippen molar-refractivity contribution in [3.05, 3.63) is 78.4 Å². The maximum Gasteiger partial charge on any atom is 0.222 e. The van der Waals surface area contributed by atoms with Crippen LogP contribution in [0.5, 0.6) is 0 Å². The molecule has 0 radical (unpaired) electrons. The van der Waals surface area contributed by atoms with Crippen LogP contribution in [0.15, 0.2) is 67.0 Å². The lowest BCUT2D eigenvalue weighted by Gasteiger charge is -2.44. The van der Waals surface area contributed by atoms with Gasteiger partial charge in [0.25, 0.3) is 0 Å². The van der Waals surface area contributed by atoms with Gasteiger partial charge in [0, 0.05) is 51.9 Å². The zero-order valence-electron chi connectivity index (χ0n) is 30.2. The Balaban J connectivity index is 1.21. The third-order valence-electron chi connectivity index (χ3n) is 10.9. The number of amides is 1. The van der Waals surface area contributed by atoms with E-state index in [0.717, 1.165) is 63.3 Å². The summed E-state index contributed by atoms with van der Waals surface area (Å²) in [4.78, 5) is 20.8. The van der Waals surface area contributed by atoms with E-state index in [1.54, 1.807) is 7.11 Å². The van der Waals surface area contributed by atoms with Gasteiger partial charge >= 0.3 is 0 Å². The van der Waals surface area contributed by atoms with Gasteiger partial charge in [-0.25, -0.2) is 4.98 Å². The summed E-state index contributed by atoms with van der Waals surface area (Å²) in [5.41, 5.74) is 8.07. The van der Waals surface area contributed by atoms with Crippen molar-refractivity contribution in [3.63, 3.8) is 0 Å². The first-order chi connectivity index (χ1) is 22.6. The maximum atomic E-state index is 13.6. The normalized spacial score (nSPS) is 16.6. The molecule has 2 aromatic heterocycles. The summed E-state index contributed by atoms with van der Waals surface area (Å²) >= 11 is 0. The first-order valence-electron chi connectivity index (χ1n) is 18.1. The highest BCUT2D eigenvalue weighted by Crippen LogP contribution is 2.43. The molecule has 1 saturated heterocycles. The average molecular weight is 655 g/mol. The quantitative estimate of drug-likeness (QED) is 0.101. The summed E-state index contributed by atoms with van der Waals surface area (Å²) in [6, 6.07) is 19.7. The van der Waals surface area contributed by atoms with Crippen LogP contribution in [0, 0.1) is 5.92 Å². The van der Waals surface area contributed by atoms with Gasteiger partial charge in [0.15, 0.2) is 8.24 Å². The van der Waals surface area contributed by atoms with E-state index in [9.17, 15) is 4.79 Å². The topological polar surface area (TPSA) is 52.3 Å². The van der Waals surface area contributed by atoms with Gasteiger partial charge in [-0.15, -0.1) is 0 Å². The van der Waals surface area contributed by atoms with Crippen molar-refractivity contribution in [3.8, 4) is 11.1 Å². The Morgan fingerprint density at radius 1 is 0.936 bits per heavy atom. The lowest BCUT2D eigenvalue weighted by Crippen LogP contribution is -2.51. The molecule has 0 saturated carbocycles. The Hall–Kier alpha value is -3.16. The number of likely N-dealkylation sites (tertiary alicyclic amines) is 1.